The lowest BCUT2D eigenvalue weighted by atomic mass is 10.2. The second-order valence-electron chi connectivity index (χ2n) is 6.82. The summed E-state index contributed by atoms with van der Waals surface area (Å²) in [6.45, 7) is 2.68. The number of nitrogens with one attached hydrogen (secondary N) is 1. The molecular weight excluding hydrogens is 312 g/mol. The maximum absolute atomic E-state index is 12.9. The predicted molar refractivity (Wildman–Crippen MR) is 99.7 cm³/mol. The van der Waals surface area contributed by atoms with Gasteiger partial charge in [-0.3, -0.25) is 4.98 Å². The fourth-order valence-corrected chi connectivity index (χ4v) is 3.42. The summed E-state index contributed by atoms with van der Waals surface area (Å²) in [4.78, 5) is 21.6. The Labute approximate surface area is 148 Å². The highest BCUT2D eigenvalue weighted by molar-refractivity contribution is 5.93. The zero-order valence-electron chi connectivity index (χ0n) is 14.4. The molecule has 2 amide bonds. The molecule has 4 rings (SSSR count). The summed E-state index contributed by atoms with van der Waals surface area (Å²) in [5.74, 6) is 0. The molecule has 0 radical (unpaired) electrons. The van der Waals surface area contributed by atoms with Crippen LogP contribution in [-0.4, -0.2) is 35.0 Å². The van der Waals surface area contributed by atoms with Gasteiger partial charge in [0.05, 0.1) is 23.6 Å². The summed E-state index contributed by atoms with van der Waals surface area (Å²) in [6.07, 6.45) is 6.37. The van der Waals surface area contributed by atoms with Crippen molar-refractivity contribution < 1.29 is 4.79 Å². The Balaban J connectivity index is 1.50. The zero-order valence-corrected chi connectivity index (χ0v) is 14.4. The number of anilines is 2. The Morgan fingerprint density at radius 1 is 1.12 bits per heavy atom. The number of hydrogen-bond donors (Lipinski definition) is 1. The van der Waals surface area contributed by atoms with Crippen molar-refractivity contribution in [2.45, 2.75) is 38.3 Å². The Hall–Kier alpha value is -2.56. The summed E-state index contributed by atoms with van der Waals surface area (Å²) in [7, 11) is 0. The van der Waals surface area contributed by atoms with Gasteiger partial charge in [-0.15, -0.1) is 0 Å². The molecule has 2 fully saturated rings. The lowest BCUT2D eigenvalue weighted by Gasteiger charge is -2.25. The van der Waals surface area contributed by atoms with Gasteiger partial charge in [-0.05, 0) is 49.9 Å². The van der Waals surface area contributed by atoms with Crippen molar-refractivity contribution in [2.75, 3.05) is 23.3 Å². The van der Waals surface area contributed by atoms with Crippen molar-refractivity contribution >= 4 is 17.4 Å². The van der Waals surface area contributed by atoms with E-state index in [1.807, 2.05) is 41.3 Å². The van der Waals surface area contributed by atoms with Crippen LogP contribution in [0, 0.1) is 0 Å². The predicted octanol–water partition coefficient (Wildman–Crippen LogP) is 3.88. The minimum atomic E-state index is -0.0280. The van der Waals surface area contributed by atoms with E-state index in [4.69, 9.17) is 0 Å². The van der Waals surface area contributed by atoms with Gasteiger partial charge in [0, 0.05) is 25.3 Å². The molecule has 1 aromatic heterocycles. The summed E-state index contributed by atoms with van der Waals surface area (Å²) in [6, 6.07) is 14.3. The molecular formula is C20H24N4O. The Morgan fingerprint density at radius 2 is 1.88 bits per heavy atom. The lowest BCUT2D eigenvalue weighted by Crippen LogP contribution is -2.37. The molecule has 1 saturated heterocycles. The average molecular weight is 336 g/mol. The number of rotatable bonds is 5. The summed E-state index contributed by atoms with van der Waals surface area (Å²) < 4.78 is 0. The molecule has 1 N–H and O–H groups in total. The highest BCUT2D eigenvalue weighted by Gasteiger charge is 2.33. The van der Waals surface area contributed by atoms with Gasteiger partial charge in [0.2, 0.25) is 0 Å². The van der Waals surface area contributed by atoms with E-state index in [2.05, 4.69) is 21.3 Å². The van der Waals surface area contributed by atoms with Crippen LogP contribution < -0.4 is 10.2 Å². The summed E-state index contributed by atoms with van der Waals surface area (Å²) >= 11 is 0. The third-order valence-electron chi connectivity index (χ3n) is 4.90. The highest BCUT2D eigenvalue weighted by Crippen LogP contribution is 2.31. The minimum Gasteiger partial charge on any atom is -0.370 e. The molecule has 1 aliphatic carbocycles. The first-order valence-electron chi connectivity index (χ1n) is 9.13. The van der Waals surface area contributed by atoms with Crippen LogP contribution >= 0.6 is 0 Å². The normalized spacial score (nSPS) is 16.7. The molecule has 25 heavy (non-hydrogen) atoms. The van der Waals surface area contributed by atoms with Gasteiger partial charge in [-0.25, -0.2) is 4.79 Å². The van der Waals surface area contributed by atoms with E-state index in [-0.39, 0.29) is 6.03 Å². The maximum Gasteiger partial charge on any atom is 0.322 e. The van der Waals surface area contributed by atoms with E-state index < -0.39 is 0 Å². The van der Waals surface area contributed by atoms with E-state index in [1.54, 1.807) is 6.20 Å². The first-order valence-corrected chi connectivity index (χ1v) is 9.13. The fraction of sp³-hybridized carbons (Fsp3) is 0.400. The van der Waals surface area contributed by atoms with Crippen LogP contribution in [0.15, 0.2) is 48.7 Å². The smallest absolute Gasteiger partial charge is 0.322 e. The van der Waals surface area contributed by atoms with Crippen LogP contribution in [0.4, 0.5) is 16.2 Å². The Kier molecular flexibility index (Phi) is 4.55. The van der Waals surface area contributed by atoms with Crippen LogP contribution in [0.2, 0.25) is 0 Å². The SMILES string of the molecule is O=C(Nc1ccccc1N1CCCC1)N(Cc1ccccn1)C1CC1. The van der Waals surface area contributed by atoms with Crippen LogP contribution in [0.3, 0.4) is 0 Å². The number of pyridine rings is 1. The van der Waals surface area contributed by atoms with E-state index >= 15 is 0 Å². The topological polar surface area (TPSA) is 48.5 Å². The highest BCUT2D eigenvalue weighted by atomic mass is 16.2. The second kappa shape index (κ2) is 7.13. The number of hydrogen-bond acceptors (Lipinski definition) is 3. The van der Waals surface area contributed by atoms with Crippen LogP contribution in [-0.2, 0) is 6.54 Å². The third kappa shape index (κ3) is 3.76. The van der Waals surface area contributed by atoms with Crippen molar-refractivity contribution in [1.82, 2.24) is 9.88 Å². The van der Waals surface area contributed by atoms with E-state index in [0.29, 0.717) is 12.6 Å². The van der Waals surface area contributed by atoms with Gasteiger partial charge < -0.3 is 15.1 Å². The largest absolute Gasteiger partial charge is 0.370 e. The summed E-state index contributed by atoms with van der Waals surface area (Å²) in [5, 5.41) is 3.15. The van der Waals surface area contributed by atoms with Gasteiger partial charge >= 0.3 is 6.03 Å². The van der Waals surface area contributed by atoms with Gasteiger partial charge in [0.25, 0.3) is 0 Å². The number of amides is 2. The molecule has 5 nitrogen and oxygen atoms in total. The molecule has 0 unspecified atom stereocenters. The average Bonchev–Trinajstić information content (AvgIpc) is 3.34. The van der Waals surface area contributed by atoms with Crippen molar-refractivity contribution in [3.8, 4) is 0 Å². The number of carbonyl (C=O) groups excluding carboxylic acids is 1. The standard InChI is InChI=1S/C20H24N4O/c25-20(24(17-10-11-17)15-16-7-3-4-12-21-16)22-18-8-1-2-9-19(18)23-13-5-6-14-23/h1-4,7-9,12,17H,5-6,10-11,13-15H2,(H,22,25). The number of para-hydroxylation sites is 2. The number of benzene rings is 1. The van der Waals surface area contributed by atoms with Crippen molar-refractivity contribution in [3.63, 3.8) is 0 Å². The Bertz CT molecular complexity index is 723. The number of carbonyl (C=O) groups is 1. The van der Waals surface area contributed by atoms with E-state index in [0.717, 1.165) is 43.0 Å². The Morgan fingerprint density at radius 3 is 2.60 bits per heavy atom. The van der Waals surface area contributed by atoms with Crippen molar-refractivity contribution in [1.29, 1.82) is 0 Å². The number of urea groups is 1. The quantitative estimate of drug-likeness (QED) is 0.901. The van der Waals surface area contributed by atoms with Crippen LogP contribution in [0.5, 0.6) is 0 Å². The van der Waals surface area contributed by atoms with Crippen LogP contribution in [0.25, 0.3) is 0 Å². The van der Waals surface area contributed by atoms with Gasteiger partial charge in [-0.1, -0.05) is 18.2 Å². The molecule has 1 aromatic carbocycles. The molecule has 1 saturated carbocycles. The molecule has 0 atom stereocenters. The van der Waals surface area contributed by atoms with Crippen molar-refractivity contribution in [2.24, 2.45) is 0 Å². The number of nitrogens with zero attached hydrogens (tertiary/aromatic N) is 3. The first-order chi connectivity index (χ1) is 12.3. The molecule has 2 heterocycles. The van der Waals surface area contributed by atoms with Gasteiger partial charge in [0.15, 0.2) is 0 Å². The summed E-state index contributed by atoms with van der Waals surface area (Å²) in [5.41, 5.74) is 2.96. The molecule has 0 spiro atoms. The number of aromatic nitrogens is 1. The minimum absolute atomic E-state index is 0.0280. The molecule has 1 aliphatic heterocycles. The van der Waals surface area contributed by atoms with Gasteiger partial charge in [0.1, 0.15) is 0 Å². The third-order valence-corrected chi connectivity index (χ3v) is 4.90. The van der Waals surface area contributed by atoms with E-state index in [1.165, 1.54) is 12.8 Å². The first kappa shape index (κ1) is 15.9. The maximum atomic E-state index is 12.9. The molecule has 5 heteroatoms. The lowest BCUT2D eigenvalue weighted by molar-refractivity contribution is 0.205. The molecule has 0 bridgehead atoms. The van der Waals surface area contributed by atoms with Crippen molar-refractivity contribution in [3.05, 3.63) is 54.4 Å². The van der Waals surface area contributed by atoms with Gasteiger partial charge in [-0.2, -0.15) is 0 Å². The van der Waals surface area contributed by atoms with E-state index in [9.17, 15) is 4.79 Å². The molecule has 2 aliphatic rings. The molecule has 2 aromatic rings. The zero-order chi connectivity index (χ0) is 17.1. The van der Waals surface area contributed by atoms with Crippen LogP contribution in [0.1, 0.15) is 31.4 Å². The monoisotopic (exact) mass is 336 g/mol. The second-order valence-corrected chi connectivity index (χ2v) is 6.82. The molecule has 130 valence electrons. The fourth-order valence-electron chi connectivity index (χ4n) is 3.42.